The minimum absolute atomic E-state index is 0.0422. The molecule has 2 aromatic carbocycles. The van der Waals surface area contributed by atoms with E-state index < -0.39 is 32.4 Å². The number of carbonyl (C=O) groups excluding carboxylic acids is 1. The molecule has 174 valence electrons. The van der Waals surface area contributed by atoms with Gasteiger partial charge in [-0.15, -0.1) is 0 Å². The Bertz CT molecular complexity index is 1100. The molecule has 1 atom stereocenters. The van der Waals surface area contributed by atoms with Gasteiger partial charge in [-0.2, -0.15) is 0 Å². The van der Waals surface area contributed by atoms with Crippen LogP contribution in [0.4, 0.5) is 5.69 Å². The molecule has 0 aromatic heterocycles. The minimum atomic E-state index is -3.75. The van der Waals surface area contributed by atoms with Crippen molar-refractivity contribution in [2.45, 2.75) is 38.6 Å². The molecule has 0 aliphatic carbocycles. The average Bonchev–Trinajstić information content (AvgIpc) is 2.72. The summed E-state index contributed by atoms with van der Waals surface area (Å²) in [5.74, 6) is 0.466. The molecule has 0 aliphatic rings. The van der Waals surface area contributed by atoms with Crippen LogP contribution >= 0.6 is 0 Å². The van der Waals surface area contributed by atoms with Crippen LogP contribution in [-0.4, -0.2) is 38.7 Å². The highest BCUT2D eigenvalue weighted by molar-refractivity contribution is 7.90. The highest BCUT2D eigenvalue weighted by atomic mass is 32.2. The zero-order valence-corrected chi connectivity index (χ0v) is 19.6. The van der Waals surface area contributed by atoms with E-state index in [0.29, 0.717) is 24.7 Å². The summed E-state index contributed by atoms with van der Waals surface area (Å²) >= 11 is 0. The van der Waals surface area contributed by atoms with Crippen molar-refractivity contribution in [3.63, 3.8) is 0 Å². The first kappa shape index (κ1) is 25.1. The monoisotopic (exact) mass is 464 g/mol. The van der Waals surface area contributed by atoms with Crippen LogP contribution in [0.3, 0.4) is 0 Å². The highest BCUT2D eigenvalue weighted by Gasteiger charge is 2.24. The summed E-state index contributed by atoms with van der Waals surface area (Å²) in [6, 6.07) is 8.04. The van der Waals surface area contributed by atoms with Crippen molar-refractivity contribution in [3.05, 3.63) is 57.6 Å². The second kappa shape index (κ2) is 10.4. The molecule has 1 unspecified atom stereocenters. The summed E-state index contributed by atoms with van der Waals surface area (Å²) < 4.78 is 35.1. The third-order valence-electron chi connectivity index (χ3n) is 4.67. The van der Waals surface area contributed by atoms with Crippen LogP contribution in [0.25, 0.3) is 0 Å². The van der Waals surface area contributed by atoms with E-state index in [-0.39, 0.29) is 16.4 Å². The molecule has 2 rings (SSSR count). The van der Waals surface area contributed by atoms with Gasteiger partial charge < -0.3 is 14.8 Å². The van der Waals surface area contributed by atoms with Crippen LogP contribution in [0, 0.1) is 16.0 Å². The van der Waals surface area contributed by atoms with E-state index >= 15 is 0 Å². The fraction of sp³-hybridized carbons (Fsp3) is 0.409. The van der Waals surface area contributed by atoms with Gasteiger partial charge in [0.15, 0.2) is 21.3 Å². The van der Waals surface area contributed by atoms with Crippen molar-refractivity contribution in [2.75, 3.05) is 19.5 Å². The zero-order valence-electron chi connectivity index (χ0n) is 18.7. The molecule has 0 spiro atoms. The highest BCUT2D eigenvalue weighted by Crippen LogP contribution is 2.33. The fourth-order valence-electron chi connectivity index (χ4n) is 3.15. The molecule has 1 N–H and O–H groups in total. The smallest absolute Gasteiger partial charge is 0.271 e. The maximum absolute atomic E-state index is 13.0. The van der Waals surface area contributed by atoms with Crippen LogP contribution in [0.2, 0.25) is 0 Å². The summed E-state index contributed by atoms with van der Waals surface area (Å²) in [5.41, 5.74) is 0.175. The van der Waals surface area contributed by atoms with E-state index in [1.165, 1.54) is 0 Å². The number of nitro groups is 1. The van der Waals surface area contributed by atoms with Crippen LogP contribution < -0.4 is 14.8 Å². The predicted octanol–water partition coefficient (Wildman–Crippen LogP) is 3.92. The van der Waals surface area contributed by atoms with Gasteiger partial charge in [-0.25, -0.2) is 8.42 Å². The van der Waals surface area contributed by atoms with Gasteiger partial charge >= 0.3 is 0 Å². The Morgan fingerprint density at radius 1 is 1.06 bits per heavy atom. The number of nitrogens with zero attached hydrogens (tertiary/aromatic N) is 1. The number of ether oxygens (including phenoxy) is 2. The summed E-state index contributed by atoms with van der Waals surface area (Å²) in [6.45, 7) is 8.45. The molecule has 0 saturated carbocycles. The van der Waals surface area contributed by atoms with Crippen molar-refractivity contribution >= 4 is 21.4 Å². The molecule has 0 heterocycles. The van der Waals surface area contributed by atoms with Crippen molar-refractivity contribution < 1.29 is 27.6 Å². The second-order valence-corrected chi connectivity index (χ2v) is 9.53. The molecule has 0 saturated heterocycles. The Kier molecular flexibility index (Phi) is 8.20. The Morgan fingerprint density at radius 2 is 1.69 bits per heavy atom. The summed E-state index contributed by atoms with van der Waals surface area (Å²) in [6.07, 6.45) is 0.930. The number of nitro benzene ring substituents is 1. The molecule has 0 bridgehead atoms. The van der Waals surface area contributed by atoms with Crippen LogP contribution in [0.1, 0.15) is 49.7 Å². The maximum Gasteiger partial charge on any atom is 0.271 e. The number of amides is 1. The summed E-state index contributed by atoms with van der Waals surface area (Å²) in [5, 5.41) is 14.1. The predicted molar refractivity (Wildman–Crippen MR) is 120 cm³/mol. The third-order valence-corrected chi connectivity index (χ3v) is 5.76. The van der Waals surface area contributed by atoms with Gasteiger partial charge in [0.25, 0.3) is 11.6 Å². The van der Waals surface area contributed by atoms with E-state index in [2.05, 4.69) is 5.32 Å². The Balaban J connectivity index is 2.44. The van der Waals surface area contributed by atoms with E-state index in [0.717, 1.165) is 30.0 Å². The summed E-state index contributed by atoms with van der Waals surface area (Å²) in [7, 11) is -3.75. The number of non-ortho nitro benzene ring substituents is 1. The topological polar surface area (TPSA) is 125 Å². The first-order chi connectivity index (χ1) is 15.0. The molecule has 10 heteroatoms. The molecule has 0 radical (unpaired) electrons. The first-order valence-electron chi connectivity index (χ1n) is 10.2. The molecule has 1 amide bonds. The lowest BCUT2D eigenvalue weighted by Gasteiger charge is -2.24. The molecule has 32 heavy (non-hydrogen) atoms. The lowest BCUT2D eigenvalue weighted by Crippen LogP contribution is -2.32. The van der Waals surface area contributed by atoms with Crippen LogP contribution in [-0.2, 0) is 9.84 Å². The van der Waals surface area contributed by atoms with Gasteiger partial charge in [0.2, 0.25) is 0 Å². The SMILES string of the molecule is CCOc1ccc(C(NC(=O)c2cc([N+](=O)[O-])cc(S(C)(=O)=O)c2)C(C)C)cc1OCC. The normalized spacial score (nSPS) is 12.3. The molecule has 2 aromatic rings. The van der Waals surface area contributed by atoms with E-state index in [4.69, 9.17) is 9.47 Å². The number of hydrogen-bond acceptors (Lipinski definition) is 7. The number of rotatable bonds is 10. The standard InChI is InChI=1S/C22H28N2O7S/c1-6-30-19-9-8-15(12-20(19)31-7-2)21(14(3)4)23-22(25)16-10-17(24(26)27)13-18(11-16)32(5,28)29/h8-14,21H,6-7H2,1-5H3,(H,23,25). The molecular formula is C22H28N2O7S. The van der Waals surface area contributed by atoms with Crippen molar-refractivity contribution in [1.29, 1.82) is 0 Å². The van der Waals surface area contributed by atoms with Gasteiger partial charge in [-0.05, 0) is 43.5 Å². The average molecular weight is 465 g/mol. The van der Waals surface area contributed by atoms with Crippen LogP contribution in [0.15, 0.2) is 41.3 Å². The van der Waals surface area contributed by atoms with Crippen molar-refractivity contribution in [1.82, 2.24) is 5.32 Å². The number of sulfone groups is 1. The molecule has 9 nitrogen and oxygen atoms in total. The van der Waals surface area contributed by atoms with E-state index in [1.807, 2.05) is 33.8 Å². The lowest BCUT2D eigenvalue weighted by atomic mass is 9.95. The lowest BCUT2D eigenvalue weighted by molar-refractivity contribution is -0.385. The number of nitrogens with one attached hydrogen (secondary N) is 1. The third kappa shape index (κ3) is 6.19. The Hall–Kier alpha value is -3.14. The van der Waals surface area contributed by atoms with Gasteiger partial charge in [-0.1, -0.05) is 19.9 Å². The quantitative estimate of drug-likeness (QED) is 0.417. The molecule has 0 fully saturated rings. The Labute approximate surface area is 187 Å². The first-order valence-corrected chi connectivity index (χ1v) is 12.1. The van der Waals surface area contributed by atoms with Crippen LogP contribution in [0.5, 0.6) is 11.5 Å². The maximum atomic E-state index is 13.0. The number of carbonyl (C=O) groups is 1. The molecular weight excluding hydrogens is 436 g/mol. The van der Waals surface area contributed by atoms with Gasteiger partial charge in [-0.3, -0.25) is 14.9 Å². The van der Waals surface area contributed by atoms with Crippen molar-refractivity contribution in [3.8, 4) is 11.5 Å². The number of benzene rings is 2. The van der Waals surface area contributed by atoms with Gasteiger partial charge in [0.1, 0.15) is 0 Å². The zero-order chi connectivity index (χ0) is 24.1. The van der Waals surface area contributed by atoms with E-state index in [1.54, 1.807) is 12.1 Å². The van der Waals surface area contributed by atoms with Crippen molar-refractivity contribution in [2.24, 2.45) is 5.92 Å². The van der Waals surface area contributed by atoms with E-state index in [9.17, 15) is 23.3 Å². The molecule has 0 aliphatic heterocycles. The minimum Gasteiger partial charge on any atom is -0.490 e. The van der Waals surface area contributed by atoms with Gasteiger partial charge in [0.05, 0.1) is 29.1 Å². The fourth-order valence-corrected chi connectivity index (χ4v) is 3.83. The second-order valence-electron chi connectivity index (χ2n) is 7.51. The summed E-state index contributed by atoms with van der Waals surface area (Å²) in [4.78, 5) is 23.2. The Morgan fingerprint density at radius 3 is 2.22 bits per heavy atom. The largest absolute Gasteiger partial charge is 0.490 e. The van der Waals surface area contributed by atoms with Gasteiger partial charge in [0, 0.05) is 24.0 Å². The number of hydrogen-bond donors (Lipinski definition) is 1.